The first-order chi connectivity index (χ1) is 16.3. The first kappa shape index (κ1) is 26.3. The number of rotatable bonds is 7. The van der Waals surface area contributed by atoms with Crippen LogP contribution < -0.4 is 10.6 Å². The zero-order valence-electron chi connectivity index (χ0n) is 19.2. The molecule has 34 heavy (non-hydrogen) atoms. The van der Waals surface area contributed by atoms with E-state index in [9.17, 15) is 8.42 Å². The van der Waals surface area contributed by atoms with Gasteiger partial charge in [0.2, 0.25) is 0 Å². The minimum absolute atomic E-state index is 0.0906. The van der Waals surface area contributed by atoms with Gasteiger partial charge in [0.15, 0.2) is 0 Å². The third-order valence-corrected chi connectivity index (χ3v) is 8.91. The fraction of sp³-hybridized carbons (Fsp3) is 0.143. The summed E-state index contributed by atoms with van der Waals surface area (Å²) in [4.78, 5) is 0. The van der Waals surface area contributed by atoms with E-state index in [1.807, 2.05) is 0 Å². The molecule has 0 bridgehead atoms. The second-order valence-corrected chi connectivity index (χ2v) is 12.8. The molecule has 1 atom stereocenters. The molecule has 4 aromatic carbocycles. The van der Waals surface area contributed by atoms with Crippen LogP contribution in [-0.2, 0) is 15.3 Å². The van der Waals surface area contributed by atoms with Crippen LogP contribution in [0.15, 0.2) is 121 Å². The highest BCUT2D eigenvalue weighted by Crippen LogP contribution is 2.46. The van der Waals surface area contributed by atoms with Crippen LogP contribution in [-0.4, -0.2) is 25.4 Å². The molecule has 1 unspecified atom stereocenters. The van der Waals surface area contributed by atoms with E-state index >= 15 is 0 Å². The molecule has 0 saturated carbocycles. The van der Waals surface area contributed by atoms with Gasteiger partial charge in [-0.2, -0.15) is 8.42 Å². The first-order valence-electron chi connectivity index (χ1n) is 11.0. The quantitative estimate of drug-likeness (QED) is 0.252. The van der Waals surface area contributed by atoms with E-state index < -0.39 is 18.0 Å². The van der Waals surface area contributed by atoms with Crippen molar-refractivity contribution in [3.63, 3.8) is 0 Å². The molecule has 0 saturated heterocycles. The molecule has 0 radical (unpaired) electrons. The van der Waals surface area contributed by atoms with Gasteiger partial charge in [-0.25, -0.2) is 0 Å². The van der Waals surface area contributed by atoms with Gasteiger partial charge in [-0.15, -0.1) is 9.24 Å². The van der Waals surface area contributed by atoms with E-state index in [-0.39, 0.29) is 5.16 Å². The molecule has 176 valence electrons. The van der Waals surface area contributed by atoms with Gasteiger partial charge in [-0.05, 0) is 42.2 Å². The van der Waals surface area contributed by atoms with Crippen molar-refractivity contribution in [1.29, 1.82) is 0 Å². The summed E-state index contributed by atoms with van der Waals surface area (Å²) in [6.45, 7) is 0. The molecule has 0 fully saturated rings. The fourth-order valence-electron chi connectivity index (χ4n) is 3.84. The summed E-state index contributed by atoms with van der Waals surface area (Å²) in [5.74, 6) is 0. The topological polar surface area (TPSA) is 54.4 Å². The van der Waals surface area contributed by atoms with Crippen molar-refractivity contribution in [2.75, 3.05) is 12.4 Å². The third kappa shape index (κ3) is 7.86. The van der Waals surface area contributed by atoms with Crippen molar-refractivity contribution in [3.05, 3.63) is 132 Å². The van der Waals surface area contributed by atoms with Crippen LogP contribution in [0, 0.1) is 0 Å². The highest BCUT2D eigenvalue weighted by Gasteiger charge is 2.30. The maximum absolute atomic E-state index is 9.19. The minimum Gasteiger partial charge on any atom is -0.286 e. The number of hydrogen-bond donors (Lipinski definition) is 1. The van der Waals surface area contributed by atoms with Crippen molar-refractivity contribution in [3.8, 4) is 0 Å². The summed E-state index contributed by atoms with van der Waals surface area (Å²) in [6.07, 6.45) is 2.92. The largest absolute Gasteiger partial charge is 0.286 e. The highest BCUT2D eigenvalue weighted by molar-refractivity contribution is 7.85. The standard InChI is InChI=1S/C27H26P2.CH4O3S/c28-27(23-13-5-1-6-14-23,24-15-7-2-8-16-24)21-22-29(25-17-9-3-10-18-25)26-19-11-4-12-20-26;1-5(2,3)4/h1-20H,21-22,28H2;1H3,(H,2,3,4). The Bertz CT molecular complexity index is 1150. The molecule has 0 aliphatic rings. The Hall–Kier alpha value is -2.35. The number of benzene rings is 4. The Morgan fingerprint density at radius 1 is 0.676 bits per heavy atom. The smallest absolute Gasteiger partial charge is 0.261 e. The van der Waals surface area contributed by atoms with Gasteiger partial charge in [0, 0.05) is 5.16 Å². The molecule has 1 N–H and O–H groups in total. The summed E-state index contributed by atoms with van der Waals surface area (Å²) in [5.41, 5.74) is 2.71. The molecule has 6 heteroatoms. The molecule has 0 aliphatic carbocycles. The normalized spacial score (nSPS) is 11.5. The van der Waals surface area contributed by atoms with E-state index in [0.29, 0.717) is 6.26 Å². The third-order valence-electron chi connectivity index (χ3n) is 5.44. The molecule has 0 aromatic heterocycles. The van der Waals surface area contributed by atoms with Crippen molar-refractivity contribution in [1.82, 2.24) is 0 Å². The Kier molecular flexibility index (Phi) is 9.56. The van der Waals surface area contributed by atoms with Crippen molar-refractivity contribution in [2.24, 2.45) is 0 Å². The van der Waals surface area contributed by atoms with Gasteiger partial charge in [-0.1, -0.05) is 121 Å². The molecule has 3 nitrogen and oxygen atoms in total. The van der Waals surface area contributed by atoms with Crippen LogP contribution in [0.1, 0.15) is 17.5 Å². The van der Waals surface area contributed by atoms with Crippen LogP contribution in [0.4, 0.5) is 0 Å². The van der Waals surface area contributed by atoms with E-state index in [1.165, 1.54) is 21.7 Å². The predicted octanol–water partition coefficient (Wildman–Crippen LogP) is 5.83. The molecule has 4 rings (SSSR count). The second-order valence-electron chi connectivity index (χ2n) is 8.01. The summed E-state index contributed by atoms with van der Waals surface area (Å²) < 4.78 is 25.9. The molecular formula is C28H30O3P2S. The average Bonchev–Trinajstić information content (AvgIpc) is 2.85. The van der Waals surface area contributed by atoms with Crippen LogP contribution in [0.2, 0.25) is 0 Å². The lowest BCUT2D eigenvalue weighted by atomic mass is 9.88. The Morgan fingerprint density at radius 2 is 0.971 bits per heavy atom. The number of hydrogen-bond acceptors (Lipinski definition) is 2. The van der Waals surface area contributed by atoms with E-state index in [0.717, 1.165) is 12.6 Å². The summed E-state index contributed by atoms with van der Waals surface area (Å²) in [7, 11) is -0.880. The predicted molar refractivity (Wildman–Crippen MR) is 149 cm³/mol. The Labute approximate surface area is 207 Å². The van der Waals surface area contributed by atoms with E-state index in [2.05, 4.69) is 131 Å². The Morgan fingerprint density at radius 3 is 1.29 bits per heavy atom. The molecule has 0 amide bonds. The molecular weight excluding hydrogens is 478 g/mol. The van der Waals surface area contributed by atoms with Gasteiger partial charge in [-0.3, -0.25) is 4.55 Å². The molecule has 0 heterocycles. The average molecular weight is 509 g/mol. The zero-order chi connectivity index (χ0) is 24.4. The van der Waals surface area contributed by atoms with Crippen molar-refractivity contribution in [2.45, 2.75) is 11.6 Å². The van der Waals surface area contributed by atoms with Crippen LogP contribution in [0.3, 0.4) is 0 Å². The van der Waals surface area contributed by atoms with Gasteiger partial charge in [0.1, 0.15) is 0 Å². The maximum Gasteiger partial charge on any atom is 0.261 e. The second kappa shape index (κ2) is 12.4. The molecule has 4 aromatic rings. The monoisotopic (exact) mass is 508 g/mol. The minimum atomic E-state index is -3.67. The molecule has 0 aliphatic heterocycles. The van der Waals surface area contributed by atoms with Crippen LogP contribution >= 0.6 is 17.2 Å². The summed E-state index contributed by atoms with van der Waals surface area (Å²) in [5, 5.41) is 2.80. The highest BCUT2D eigenvalue weighted by atomic mass is 32.2. The Balaban J connectivity index is 0.000000588. The lowest BCUT2D eigenvalue weighted by Crippen LogP contribution is -2.24. The van der Waals surface area contributed by atoms with Gasteiger partial charge >= 0.3 is 0 Å². The summed E-state index contributed by atoms with van der Waals surface area (Å²) >= 11 is 0. The first-order valence-corrected chi connectivity index (χ1v) is 14.9. The maximum atomic E-state index is 9.19. The van der Waals surface area contributed by atoms with Crippen molar-refractivity contribution >= 4 is 37.9 Å². The van der Waals surface area contributed by atoms with Crippen molar-refractivity contribution < 1.29 is 13.0 Å². The van der Waals surface area contributed by atoms with Gasteiger partial charge in [0.05, 0.1) is 6.26 Å². The van der Waals surface area contributed by atoms with E-state index in [1.54, 1.807) is 0 Å². The zero-order valence-corrected chi connectivity index (χ0v) is 22.0. The molecule has 0 spiro atoms. The lowest BCUT2D eigenvalue weighted by Gasteiger charge is -2.33. The van der Waals surface area contributed by atoms with Gasteiger partial charge in [0.25, 0.3) is 10.1 Å². The van der Waals surface area contributed by atoms with E-state index in [4.69, 9.17) is 4.55 Å². The lowest BCUT2D eigenvalue weighted by molar-refractivity contribution is 0.490. The SMILES string of the molecule is CS(=O)(=O)O.PC(CCP(c1ccccc1)c1ccccc1)(c1ccccc1)c1ccccc1. The van der Waals surface area contributed by atoms with Gasteiger partial charge < -0.3 is 0 Å². The van der Waals surface area contributed by atoms with Crippen LogP contribution in [0.25, 0.3) is 0 Å². The van der Waals surface area contributed by atoms with Crippen LogP contribution in [0.5, 0.6) is 0 Å². The fourth-order valence-corrected chi connectivity index (χ4v) is 7.06. The summed E-state index contributed by atoms with van der Waals surface area (Å²) in [6, 6.07) is 43.8.